The normalized spacial score (nSPS) is 19.1. The molecule has 0 aromatic carbocycles. The second-order valence-corrected chi connectivity index (χ2v) is 6.71. The first kappa shape index (κ1) is 13.6. The smallest absolute Gasteiger partial charge is 0.223 e. The lowest BCUT2D eigenvalue weighted by Crippen LogP contribution is -2.50. The number of amides is 1. The zero-order valence-corrected chi connectivity index (χ0v) is 12.1. The van der Waals surface area contributed by atoms with E-state index in [2.05, 4.69) is 36.6 Å². The Morgan fingerprint density at radius 3 is 2.72 bits per heavy atom. The molecule has 2 atom stereocenters. The van der Waals surface area contributed by atoms with Crippen molar-refractivity contribution in [3.8, 4) is 0 Å². The van der Waals surface area contributed by atoms with Crippen LogP contribution >= 0.6 is 11.3 Å². The minimum atomic E-state index is 0.124. The number of carbonyl (C=O) groups is 1. The number of carbonyl (C=O) groups excluding carboxylic acids is 1. The van der Waals surface area contributed by atoms with E-state index in [0.717, 1.165) is 19.5 Å². The van der Waals surface area contributed by atoms with Crippen LogP contribution in [0.3, 0.4) is 0 Å². The van der Waals surface area contributed by atoms with E-state index in [1.54, 1.807) is 0 Å². The number of hydrogen-bond donors (Lipinski definition) is 2. The molecule has 0 bridgehead atoms. The van der Waals surface area contributed by atoms with Crippen molar-refractivity contribution in [1.29, 1.82) is 0 Å². The van der Waals surface area contributed by atoms with E-state index in [4.69, 9.17) is 0 Å². The van der Waals surface area contributed by atoms with Gasteiger partial charge in [0.1, 0.15) is 0 Å². The number of hydrogen-bond acceptors (Lipinski definition) is 3. The molecule has 2 unspecified atom stereocenters. The third-order valence-electron chi connectivity index (χ3n) is 3.63. The van der Waals surface area contributed by atoms with Crippen molar-refractivity contribution < 1.29 is 4.79 Å². The van der Waals surface area contributed by atoms with Crippen LogP contribution in [-0.4, -0.2) is 25.0 Å². The molecule has 3 nitrogen and oxygen atoms in total. The van der Waals surface area contributed by atoms with Gasteiger partial charge in [0.05, 0.1) is 0 Å². The van der Waals surface area contributed by atoms with Crippen LogP contribution in [0.2, 0.25) is 0 Å². The van der Waals surface area contributed by atoms with E-state index < -0.39 is 0 Å². The monoisotopic (exact) mass is 266 g/mol. The summed E-state index contributed by atoms with van der Waals surface area (Å²) in [4.78, 5) is 14.7. The maximum Gasteiger partial charge on any atom is 0.223 e. The van der Waals surface area contributed by atoms with Gasteiger partial charge in [0, 0.05) is 28.1 Å². The van der Waals surface area contributed by atoms with Crippen LogP contribution in [0.4, 0.5) is 0 Å². The first-order valence-corrected chi connectivity index (χ1v) is 7.44. The minimum Gasteiger partial charge on any atom is -0.353 e. The summed E-state index contributed by atoms with van der Waals surface area (Å²) in [6.45, 7) is 8.19. The standard InChI is InChI=1S/C14H22N2OS/c1-9(6-13-5-4-10(2)18-13)16-14(17)11(3)12-7-15-8-12/h4-5,9,11-12,15H,6-8H2,1-3H3,(H,16,17). The van der Waals surface area contributed by atoms with Crippen LogP contribution in [0.1, 0.15) is 23.6 Å². The fraction of sp³-hybridized carbons (Fsp3) is 0.643. The predicted molar refractivity (Wildman–Crippen MR) is 75.9 cm³/mol. The van der Waals surface area contributed by atoms with Gasteiger partial charge in [0.2, 0.25) is 5.91 Å². The van der Waals surface area contributed by atoms with Crippen molar-refractivity contribution in [2.45, 2.75) is 33.2 Å². The summed E-state index contributed by atoms with van der Waals surface area (Å²) < 4.78 is 0. The third-order valence-corrected chi connectivity index (χ3v) is 4.65. The summed E-state index contributed by atoms with van der Waals surface area (Å²) in [5.41, 5.74) is 0. The molecule has 1 aliphatic rings. The van der Waals surface area contributed by atoms with Crippen LogP contribution in [0.15, 0.2) is 12.1 Å². The van der Waals surface area contributed by atoms with Gasteiger partial charge in [-0.2, -0.15) is 0 Å². The van der Waals surface area contributed by atoms with Gasteiger partial charge in [0.25, 0.3) is 0 Å². The summed E-state index contributed by atoms with van der Waals surface area (Å²) in [6, 6.07) is 4.50. The van der Waals surface area contributed by atoms with E-state index in [0.29, 0.717) is 5.92 Å². The zero-order valence-electron chi connectivity index (χ0n) is 11.3. The van der Waals surface area contributed by atoms with E-state index in [9.17, 15) is 4.79 Å². The molecular formula is C14H22N2OS. The molecule has 2 heterocycles. The average Bonchev–Trinajstić information content (AvgIpc) is 2.60. The second-order valence-electron chi connectivity index (χ2n) is 5.33. The van der Waals surface area contributed by atoms with Crippen LogP contribution < -0.4 is 10.6 Å². The Balaban J connectivity index is 1.79. The van der Waals surface area contributed by atoms with E-state index >= 15 is 0 Å². The molecule has 1 aromatic heterocycles. The molecule has 1 fully saturated rings. The zero-order chi connectivity index (χ0) is 13.1. The molecule has 0 spiro atoms. The topological polar surface area (TPSA) is 41.1 Å². The quantitative estimate of drug-likeness (QED) is 0.855. The highest BCUT2D eigenvalue weighted by Gasteiger charge is 2.29. The highest BCUT2D eigenvalue weighted by molar-refractivity contribution is 7.11. The Bertz CT molecular complexity index is 412. The van der Waals surface area contributed by atoms with Crippen LogP contribution in [0.25, 0.3) is 0 Å². The van der Waals surface area contributed by atoms with Crippen LogP contribution in [0, 0.1) is 18.8 Å². The predicted octanol–water partition coefficient (Wildman–Crippen LogP) is 1.96. The number of rotatable bonds is 5. The fourth-order valence-electron chi connectivity index (χ4n) is 2.20. The number of nitrogens with one attached hydrogen (secondary N) is 2. The first-order valence-electron chi connectivity index (χ1n) is 6.62. The van der Waals surface area contributed by atoms with Gasteiger partial charge in [-0.15, -0.1) is 11.3 Å². The molecule has 1 amide bonds. The van der Waals surface area contributed by atoms with Gasteiger partial charge in [-0.1, -0.05) is 6.92 Å². The lowest BCUT2D eigenvalue weighted by Gasteiger charge is -2.32. The maximum atomic E-state index is 12.0. The van der Waals surface area contributed by atoms with Gasteiger partial charge in [-0.25, -0.2) is 0 Å². The highest BCUT2D eigenvalue weighted by Crippen LogP contribution is 2.18. The van der Waals surface area contributed by atoms with Gasteiger partial charge >= 0.3 is 0 Å². The molecule has 1 aliphatic heterocycles. The van der Waals surface area contributed by atoms with Crippen LogP contribution in [0.5, 0.6) is 0 Å². The van der Waals surface area contributed by atoms with Crippen molar-refractivity contribution in [1.82, 2.24) is 10.6 Å². The summed E-state index contributed by atoms with van der Waals surface area (Å²) in [6.07, 6.45) is 0.930. The van der Waals surface area contributed by atoms with E-state index in [-0.39, 0.29) is 17.9 Å². The molecule has 18 heavy (non-hydrogen) atoms. The van der Waals surface area contributed by atoms with Gasteiger partial charge < -0.3 is 10.6 Å². The fourth-order valence-corrected chi connectivity index (χ4v) is 3.22. The number of aryl methyl sites for hydroxylation is 1. The van der Waals surface area contributed by atoms with E-state index in [1.807, 2.05) is 18.3 Å². The van der Waals surface area contributed by atoms with Crippen molar-refractivity contribution in [3.63, 3.8) is 0 Å². The minimum absolute atomic E-state index is 0.124. The first-order chi connectivity index (χ1) is 8.56. The summed E-state index contributed by atoms with van der Waals surface area (Å²) in [5.74, 6) is 0.835. The Morgan fingerprint density at radius 1 is 1.50 bits per heavy atom. The number of thiophene rings is 1. The average molecular weight is 266 g/mol. The van der Waals surface area contributed by atoms with Crippen molar-refractivity contribution in [2.75, 3.05) is 13.1 Å². The Hall–Kier alpha value is -0.870. The maximum absolute atomic E-state index is 12.0. The van der Waals surface area contributed by atoms with Crippen molar-refractivity contribution >= 4 is 17.2 Å². The SMILES string of the molecule is Cc1ccc(CC(C)NC(=O)C(C)C2CNC2)s1. The molecule has 0 radical (unpaired) electrons. The van der Waals surface area contributed by atoms with Gasteiger partial charge in [0.15, 0.2) is 0 Å². The molecule has 100 valence electrons. The van der Waals surface area contributed by atoms with Gasteiger partial charge in [-0.3, -0.25) is 4.79 Å². The van der Waals surface area contributed by atoms with Crippen molar-refractivity contribution in [3.05, 3.63) is 21.9 Å². The molecule has 2 N–H and O–H groups in total. The molecule has 0 aliphatic carbocycles. The van der Waals surface area contributed by atoms with Crippen LogP contribution in [-0.2, 0) is 11.2 Å². The molecular weight excluding hydrogens is 244 g/mol. The van der Waals surface area contributed by atoms with Gasteiger partial charge in [-0.05, 0) is 45.0 Å². The highest BCUT2D eigenvalue weighted by atomic mass is 32.1. The molecule has 2 rings (SSSR count). The summed E-state index contributed by atoms with van der Waals surface area (Å²) in [7, 11) is 0. The summed E-state index contributed by atoms with van der Waals surface area (Å²) in [5, 5.41) is 6.34. The molecule has 1 aromatic rings. The second kappa shape index (κ2) is 5.85. The third kappa shape index (κ3) is 3.33. The Kier molecular flexibility index (Phi) is 4.40. The lowest BCUT2D eigenvalue weighted by atomic mass is 9.88. The molecule has 4 heteroatoms. The lowest BCUT2D eigenvalue weighted by molar-refractivity contribution is -0.127. The molecule has 0 saturated carbocycles. The Morgan fingerprint density at radius 2 is 2.22 bits per heavy atom. The van der Waals surface area contributed by atoms with Crippen molar-refractivity contribution in [2.24, 2.45) is 11.8 Å². The Labute approximate surface area is 113 Å². The summed E-state index contributed by atoms with van der Waals surface area (Å²) >= 11 is 1.81. The largest absolute Gasteiger partial charge is 0.353 e. The van der Waals surface area contributed by atoms with E-state index in [1.165, 1.54) is 9.75 Å². The molecule has 1 saturated heterocycles.